The average molecular weight is 232 g/mol. The van der Waals surface area contributed by atoms with Gasteiger partial charge in [0.2, 0.25) is 10.0 Å². The Morgan fingerprint density at radius 1 is 1.27 bits per heavy atom. The maximum Gasteiger partial charge on any atom is 0.214 e. The Balaban J connectivity index is 2.05. The molecule has 15 heavy (non-hydrogen) atoms. The van der Waals surface area contributed by atoms with Crippen LogP contribution in [-0.4, -0.2) is 44.7 Å². The van der Waals surface area contributed by atoms with Gasteiger partial charge in [-0.15, -0.1) is 0 Å². The minimum Gasteiger partial charge on any atom is -0.316 e. The quantitative estimate of drug-likeness (QED) is 0.760. The molecule has 4 nitrogen and oxygen atoms in total. The summed E-state index contributed by atoms with van der Waals surface area (Å²) in [5.74, 6) is 1.37. The molecule has 0 aromatic rings. The van der Waals surface area contributed by atoms with Gasteiger partial charge >= 0.3 is 0 Å². The number of nitrogens with zero attached hydrogens (tertiary/aromatic N) is 1. The van der Waals surface area contributed by atoms with Gasteiger partial charge in [0.05, 0.1) is 5.75 Å². The number of nitrogens with one attached hydrogen (secondary N) is 1. The highest BCUT2D eigenvalue weighted by molar-refractivity contribution is 7.89. The van der Waals surface area contributed by atoms with Gasteiger partial charge in [-0.1, -0.05) is 6.92 Å². The van der Waals surface area contributed by atoms with Crippen molar-refractivity contribution < 1.29 is 8.42 Å². The van der Waals surface area contributed by atoms with Crippen LogP contribution in [0.1, 0.15) is 19.8 Å². The van der Waals surface area contributed by atoms with Crippen LogP contribution in [0, 0.1) is 11.8 Å². The zero-order valence-electron chi connectivity index (χ0n) is 9.28. The largest absolute Gasteiger partial charge is 0.316 e. The zero-order valence-corrected chi connectivity index (χ0v) is 10.1. The van der Waals surface area contributed by atoms with Crippen molar-refractivity contribution in [2.75, 3.05) is 31.9 Å². The highest BCUT2D eigenvalue weighted by atomic mass is 32.2. The molecule has 2 aliphatic heterocycles. The fourth-order valence-corrected chi connectivity index (χ4v) is 4.32. The summed E-state index contributed by atoms with van der Waals surface area (Å²) < 4.78 is 25.6. The first-order chi connectivity index (χ1) is 7.12. The van der Waals surface area contributed by atoms with Crippen LogP contribution >= 0.6 is 0 Å². The molecule has 5 heteroatoms. The molecule has 0 aromatic heterocycles. The number of fused-ring (bicyclic) bond motifs is 2. The van der Waals surface area contributed by atoms with E-state index in [-0.39, 0.29) is 0 Å². The van der Waals surface area contributed by atoms with Crippen LogP contribution in [0.15, 0.2) is 0 Å². The standard InChI is InChI=1S/C10H20N2O2S/c1-2-3-15(13,14)12-7-9-4-10(8-12)6-11-5-9/h9-11H,2-8H2,1H3/t9-,10-/m1/s1. The molecule has 0 saturated carbocycles. The topological polar surface area (TPSA) is 49.4 Å². The van der Waals surface area contributed by atoms with Crippen molar-refractivity contribution in [3.05, 3.63) is 0 Å². The summed E-state index contributed by atoms with van der Waals surface area (Å²) in [6.07, 6.45) is 1.91. The first-order valence-electron chi connectivity index (χ1n) is 5.80. The van der Waals surface area contributed by atoms with Gasteiger partial charge in [-0.25, -0.2) is 12.7 Å². The molecule has 0 aliphatic carbocycles. The van der Waals surface area contributed by atoms with Crippen LogP contribution in [0.4, 0.5) is 0 Å². The van der Waals surface area contributed by atoms with Crippen molar-refractivity contribution in [3.8, 4) is 0 Å². The third-order valence-electron chi connectivity index (χ3n) is 3.31. The number of rotatable bonds is 3. The van der Waals surface area contributed by atoms with Crippen molar-refractivity contribution in [1.29, 1.82) is 0 Å². The molecule has 1 N–H and O–H groups in total. The molecule has 0 unspecified atom stereocenters. The lowest BCUT2D eigenvalue weighted by Crippen LogP contribution is -2.53. The maximum absolute atomic E-state index is 11.9. The number of sulfonamides is 1. The molecule has 0 radical (unpaired) electrons. The van der Waals surface area contributed by atoms with Crippen LogP contribution in [0.5, 0.6) is 0 Å². The second kappa shape index (κ2) is 4.39. The van der Waals surface area contributed by atoms with E-state index in [9.17, 15) is 8.42 Å². The Labute approximate surface area is 92.1 Å². The van der Waals surface area contributed by atoms with E-state index < -0.39 is 10.0 Å². The maximum atomic E-state index is 11.9. The smallest absolute Gasteiger partial charge is 0.214 e. The van der Waals surface area contributed by atoms with Crippen LogP contribution in [0.3, 0.4) is 0 Å². The lowest BCUT2D eigenvalue weighted by atomic mass is 9.87. The third-order valence-corrected chi connectivity index (χ3v) is 5.32. The molecule has 2 atom stereocenters. The lowest BCUT2D eigenvalue weighted by molar-refractivity contribution is 0.158. The fraction of sp³-hybridized carbons (Fsp3) is 1.00. The first kappa shape index (κ1) is 11.4. The molecule has 2 saturated heterocycles. The van der Waals surface area contributed by atoms with Crippen LogP contribution in [-0.2, 0) is 10.0 Å². The summed E-state index contributed by atoms with van der Waals surface area (Å²) in [5, 5.41) is 3.37. The van der Waals surface area contributed by atoms with E-state index in [1.54, 1.807) is 4.31 Å². The van der Waals surface area contributed by atoms with E-state index in [1.807, 2.05) is 6.92 Å². The molecule has 2 fully saturated rings. The molecular weight excluding hydrogens is 212 g/mol. The molecule has 0 amide bonds. The summed E-state index contributed by atoms with van der Waals surface area (Å²) in [4.78, 5) is 0. The molecule has 2 bridgehead atoms. The summed E-state index contributed by atoms with van der Waals surface area (Å²) in [5.41, 5.74) is 0. The summed E-state index contributed by atoms with van der Waals surface area (Å²) in [6, 6.07) is 0. The zero-order chi connectivity index (χ0) is 10.9. The predicted molar refractivity (Wildman–Crippen MR) is 60.1 cm³/mol. The predicted octanol–water partition coefficient (Wildman–Crippen LogP) is 0.267. The van der Waals surface area contributed by atoms with Gasteiger partial charge in [-0.05, 0) is 37.8 Å². The van der Waals surface area contributed by atoms with Crippen LogP contribution < -0.4 is 5.32 Å². The van der Waals surface area contributed by atoms with E-state index in [4.69, 9.17) is 0 Å². The summed E-state index contributed by atoms with van der Waals surface area (Å²) in [6.45, 7) is 5.34. The monoisotopic (exact) mass is 232 g/mol. The Bertz CT molecular complexity index is 303. The normalized spacial score (nSPS) is 32.9. The lowest BCUT2D eigenvalue weighted by Gasteiger charge is -2.40. The third kappa shape index (κ3) is 2.52. The van der Waals surface area contributed by atoms with Gasteiger partial charge in [0.15, 0.2) is 0 Å². The van der Waals surface area contributed by atoms with E-state index in [2.05, 4.69) is 5.32 Å². The summed E-state index contributed by atoms with van der Waals surface area (Å²) in [7, 11) is -2.97. The number of hydrogen-bond acceptors (Lipinski definition) is 3. The van der Waals surface area contributed by atoms with E-state index in [0.29, 0.717) is 24.0 Å². The highest BCUT2D eigenvalue weighted by Gasteiger charge is 2.35. The molecule has 0 spiro atoms. The van der Waals surface area contributed by atoms with E-state index in [0.717, 1.165) is 26.2 Å². The Morgan fingerprint density at radius 2 is 1.87 bits per heavy atom. The van der Waals surface area contributed by atoms with Crippen LogP contribution in [0.2, 0.25) is 0 Å². The van der Waals surface area contributed by atoms with Gasteiger partial charge in [0.1, 0.15) is 0 Å². The Morgan fingerprint density at radius 3 is 2.40 bits per heavy atom. The highest BCUT2D eigenvalue weighted by Crippen LogP contribution is 2.26. The first-order valence-corrected chi connectivity index (χ1v) is 7.41. The Kier molecular flexibility index (Phi) is 3.33. The molecule has 2 rings (SSSR count). The van der Waals surface area contributed by atoms with Gasteiger partial charge in [-0.3, -0.25) is 0 Å². The van der Waals surface area contributed by atoms with Gasteiger partial charge in [0, 0.05) is 13.1 Å². The molecule has 2 aliphatic rings. The van der Waals surface area contributed by atoms with Crippen molar-refractivity contribution in [2.24, 2.45) is 11.8 Å². The molecule has 88 valence electrons. The molecule has 0 aromatic carbocycles. The number of hydrogen-bond donors (Lipinski definition) is 1. The minimum absolute atomic E-state index is 0.305. The number of piperidine rings is 2. The van der Waals surface area contributed by atoms with Gasteiger partial charge in [0.25, 0.3) is 0 Å². The van der Waals surface area contributed by atoms with Crippen LogP contribution in [0.25, 0.3) is 0 Å². The van der Waals surface area contributed by atoms with Crippen molar-refractivity contribution in [1.82, 2.24) is 9.62 Å². The average Bonchev–Trinajstić information content (AvgIpc) is 2.17. The van der Waals surface area contributed by atoms with E-state index in [1.165, 1.54) is 6.42 Å². The van der Waals surface area contributed by atoms with Crippen molar-refractivity contribution in [3.63, 3.8) is 0 Å². The SMILES string of the molecule is CCCS(=O)(=O)N1C[C@H]2CNC[C@@H](C2)C1. The van der Waals surface area contributed by atoms with Crippen molar-refractivity contribution in [2.45, 2.75) is 19.8 Å². The molecule has 2 heterocycles. The second-order valence-electron chi connectivity index (χ2n) is 4.76. The fourth-order valence-electron chi connectivity index (χ4n) is 2.67. The Hall–Kier alpha value is -0.130. The van der Waals surface area contributed by atoms with Gasteiger partial charge in [-0.2, -0.15) is 0 Å². The second-order valence-corrected chi connectivity index (χ2v) is 6.85. The van der Waals surface area contributed by atoms with E-state index >= 15 is 0 Å². The minimum atomic E-state index is -2.97. The van der Waals surface area contributed by atoms with Crippen molar-refractivity contribution >= 4 is 10.0 Å². The molecular formula is C10H20N2O2S. The summed E-state index contributed by atoms with van der Waals surface area (Å²) >= 11 is 0. The van der Waals surface area contributed by atoms with Gasteiger partial charge < -0.3 is 5.32 Å².